The lowest BCUT2D eigenvalue weighted by Crippen LogP contribution is -2.24. The zero-order valence-electron chi connectivity index (χ0n) is 18.2. The number of carbonyl (C=O) groups is 2. The third-order valence-corrected chi connectivity index (χ3v) is 5.59. The fraction of sp³-hybridized carbons (Fsp3) is 0.364. The molecule has 0 saturated heterocycles. The van der Waals surface area contributed by atoms with Crippen molar-refractivity contribution in [2.24, 2.45) is 0 Å². The summed E-state index contributed by atoms with van der Waals surface area (Å²) in [5.41, 5.74) is 0.0596. The average Bonchev–Trinajstić information content (AvgIpc) is 2.79. The van der Waals surface area contributed by atoms with E-state index in [1.165, 1.54) is 36.4 Å². The van der Waals surface area contributed by atoms with Gasteiger partial charge in [0, 0.05) is 36.3 Å². The van der Waals surface area contributed by atoms with Crippen molar-refractivity contribution in [1.82, 2.24) is 10.6 Å². The number of nitrogens with zero attached hydrogens (tertiary/aromatic N) is 2. The highest BCUT2D eigenvalue weighted by Gasteiger charge is 2.16. The molecule has 2 aromatic rings. The van der Waals surface area contributed by atoms with Crippen LogP contribution >= 0.6 is 23.2 Å². The minimum absolute atomic E-state index is 0.0784. The smallest absolute Gasteiger partial charge is 0.287 e. The van der Waals surface area contributed by atoms with E-state index in [1.807, 2.05) is 0 Å². The zero-order chi connectivity index (χ0) is 25.1. The van der Waals surface area contributed by atoms with Crippen LogP contribution in [0.1, 0.15) is 59.2 Å². The van der Waals surface area contributed by atoms with Crippen LogP contribution in [0.5, 0.6) is 0 Å². The third kappa shape index (κ3) is 8.27. The molecule has 2 rings (SSSR count). The lowest BCUT2D eigenvalue weighted by atomic mass is 10.1. The molecule has 0 aliphatic heterocycles. The van der Waals surface area contributed by atoms with Crippen molar-refractivity contribution in [1.29, 1.82) is 0 Å². The fourth-order valence-electron chi connectivity index (χ4n) is 3.16. The van der Waals surface area contributed by atoms with E-state index in [9.17, 15) is 29.8 Å². The number of nitro groups is 2. The number of benzene rings is 2. The van der Waals surface area contributed by atoms with E-state index in [0.29, 0.717) is 13.1 Å². The summed E-state index contributed by atoms with van der Waals surface area (Å²) in [6.07, 6.45) is 5.40. The first-order valence-electron chi connectivity index (χ1n) is 10.6. The minimum atomic E-state index is -0.604. The lowest BCUT2D eigenvalue weighted by Gasteiger charge is -2.07. The van der Waals surface area contributed by atoms with Crippen LogP contribution in [0.25, 0.3) is 0 Å². The molecule has 0 aliphatic rings. The molecule has 182 valence electrons. The predicted octanol–water partition coefficient (Wildman–Crippen LogP) is 5.31. The van der Waals surface area contributed by atoms with Crippen LogP contribution in [-0.4, -0.2) is 34.8 Å². The second kappa shape index (κ2) is 13.5. The van der Waals surface area contributed by atoms with Crippen LogP contribution in [0.2, 0.25) is 10.0 Å². The van der Waals surface area contributed by atoms with Crippen LogP contribution < -0.4 is 10.6 Å². The van der Waals surface area contributed by atoms with Gasteiger partial charge in [-0.1, -0.05) is 48.9 Å². The number of unbranched alkanes of at least 4 members (excludes halogenated alkanes) is 5. The van der Waals surface area contributed by atoms with Gasteiger partial charge in [-0.15, -0.1) is 0 Å². The van der Waals surface area contributed by atoms with Crippen molar-refractivity contribution in [3.63, 3.8) is 0 Å². The number of nitrogens with one attached hydrogen (secondary N) is 2. The number of halogens is 2. The Morgan fingerprint density at radius 3 is 1.35 bits per heavy atom. The molecule has 2 aromatic carbocycles. The molecule has 0 aliphatic carbocycles. The van der Waals surface area contributed by atoms with Crippen molar-refractivity contribution in [2.75, 3.05) is 13.1 Å². The van der Waals surface area contributed by atoms with Gasteiger partial charge >= 0.3 is 0 Å². The van der Waals surface area contributed by atoms with Crippen LogP contribution in [0.4, 0.5) is 11.4 Å². The van der Waals surface area contributed by atoms with Gasteiger partial charge < -0.3 is 10.6 Å². The zero-order valence-corrected chi connectivity index (χ0v) is 19.7. The number of rotatable bonds is 13. The van der Waals surface area contributed by atoms with Crippen LogP contribution in [0.15, 0.2) is 36.4 Å². The summed E-state index contributed by atoms with van der Waals surface area (Å²) in [5.74, 6) is -0.663. The van der Waals surface area contributed by atoms with Crippen molar-refractivity contribution < 1.29 is 19.4 Å². The molecule has 34 heavy (non-hydrogen) atoms. The fourth-order valence-corrected chi connectivity index (χ4v) is 3.66. The number of hydrogen-bond acceptors (Lipinski definition) is 6. The van der Waals surface area contributed by atoms with Gasteiger partial charge in [-0.25, -0.2) is 0 Å². The molecule has 0 fully saturated rings. The van der Waals surface area contributed by atoms with Crippen LogP contribution in [0, 0.1) is 20.2 Å². The predicted molar refractivity (Wildman–Crippen MR) is 129 cm³/mol. The molecule has 0 aromatic heterocycles. The molecule has 0 radical (unpaired) electrons. The molecular formula is C22H24Cl2N4O6. The monoisotopic (exact) mass is 510 g/mol. The summed E-state index contributed by atoms with van der Waals surface area (Å²) in [4.78, 5) is 44.5. The summed E-state index contributed by atoms with van der Waals surface area (Å²) in [6, 6.07) is 7.72. The Morgan fingerprint density at radius 1 is 0.676 bits per heavy atom. The SMILES string of the molecule is O=C(NCCCCCCCCNC(=O)c1ccc([N+](=O)[O-])c(Cl)c1)c1ccc([N+](=O)[O-])c(Cl)c1. The van der Waals surface area contributed by atoms with Gasteiger partial charge in [-0.2, -0.15) is 0 Å². The van der Waals surface area contributed by atoms with Gasteiger partial charge in [0.2, 0.25) is 0 Å². The lowest BCUT2D eigenvalue weighted by molar-refractivity contribution is -0.384. The summed E-state index contributed by atoms with van der Waals surface area (Å²) in [7, 11) is 0. The van der Waals surface area contributed by atoms with E-state index in [2.05, 4.69) is 10.6 Å². The number of amides is 2. The van der Waals surface area contributed by atoms with Gasteiger partial charge in [0.15, 0.2) is 0 Å². The molecule has 0 atom stereocenters. The van der Waals surface area contributed by atoms with Gasteiger partial charge in [-0.3, -0.25) is 29.8 Å². The molecule has 0 saturated carbocycles. The highest BCUT2D eigenvalue weighted by Crippen LogP contribution is 2.25. The molecule has 0 bridgehead atoms. The maximum atomic E-state index is 12.1. The van der Waals surface area contributed by atoms with E-state index in [-0.39, 0.29) is 44.4 Å². The first kappa shape index (κ1) is 27.0. The van der Waals surface area contributed by atoms with E-state index in [0.717, 1.165) is 38.5 Å². The van der Waals surface area contributed by atoms with E-state index >= 15 is 0 Å². The molecule has 0 heterocycles. The second-order valence-corrected chi connectivity index (χ2v) is 8.29. The molecular weight excluding hydrogens is 487 g/mol. The van der Waals surface area contributed by atoms with Gasteiger partial charge in [0.25, 0.3) is 23.2 Å². The number of carbonyl (C=O) groups excluding carboxylic acids is 2. The maximum absolute atomic E-state index is 12.1. The topological polar surface area (TPSA) is 144 Å². The molecule has 12 heteroatoms. The van der Waals surface area contributed by atoms with Gasteiger partial charge in [0.05, 0.1) is 9.85 Å². The summed E-state index contributed by atoms with van der Waals surface area (Å²) in [5, 5.41) is 26.9. The van der Waals surface area contributed by atoms with E-state index in [1.54, 1.807) is 0 Å². The normalized spacial score (nSPS) is 10.5. The Morgan fingerprint density at radius 2 is 1.03 bits per heavy atom. The summed E-state index contributed by atoms with van der Waals surface area (Å²) >= 11 is 11.6. The molecule has 0 unspecified atom stereocenters. The maximum Gasteiger partial charge on any atom is 0.287 e. The van der Waals surface area contributed by atoms with Crippen molar-refractivity contribution in [3.05, 3.63) is 77.8 Å². The molecule has 10 nitrogen and oxygen atoms in total. The van der Waals surface area contributed by atoms with Crippen molar-refractivity contribution >= 4 is 46.4 Å². The van der Waals surface area contributed by atoms with Crippen molar-refractivity contribution in [2.45, 2.75) is 38.5 Å². The largest absolute Gasteiger partial charge is 0.352 e. The molecule has 0 spiro atoms. The average molecular weight is 511 g/mol. The summed E-state index contributed by atoms with van der Waals surface area (Å²) in [6.45, 7) is 0.975. The standard InChI is InChI=1S/C22H24Cl2N4O6/c23-17-13-15(7-9-19(17)27(31)32)21(29)25-11-5-3-1-2-4-6-12-26-22(30)16-8-10-20(28(33)34)18(24)14-16/h7-10,13-14H,1-6,11-12H2,(H,25,29)(H,26,30). The Hall–Kier alpha value is -3.24. The number of hydrogen-bond donors (Lipinski definition) is 2. The highest BCUT2D eigenvalue weighted by atomic mass is 35.5. The first-order valence-corrected chi connectivity index (χ1v) is 11.4. The highest BCUT2D eigenvalue weighted by molar-refractivity contribution is 6.33. The van der Waals surface area contributed by atoms with E-state index < -0.39 is 9.85 Å². The Kier molecular flexibility index (Phi) is 10.7. The molecule has 2 amide bonds. The third-order valence-electron chi connectivity index (χ3n) is 4.99. The molecule has 2 N–H and O–H groups in total. The number of nitro benzene ring substituents is 2. The quantitative estimate of drug-likeness (QED) is 0.212. The van der Waals surface area contributed by atoms with E-state index in [4.69, 9.17) is 23.2 Å². The van der Waals surface area contributed by atoms with Gasteiger partial charge in [-0.05, 0) is 37.1 Å². The van der Waals surface area contributed by atoms with Crippen LogP contribution in [0.3, 0.4) is 0 Å². The first-order chi connectivity index (χ1) is 16.2. The van der Waals surface area contributed by atoms with Gasteiger partial charge in [0.1, 0.15) is 10.0 Å². The summed E-state index contributed by atoms with van der Waals surface area (Å²) < 4.78 is 0. The van der Waals surface area contributed by atoms with Crippen molar-refractivity contribution in [3.8, 4) is 0 Å². The Labute approximate surface area is 205 Å². The Balaban J connectivity index is 1.54. The minimum Gasteiger partial charge on any atom is -0.352 e. The Bertz CT molecular complexity index is 980. The van der Waals surface area contributed by atoms with Crippen LogP contribution in [-0.2, 0) is 0 Å². The second-order valence-electron chi connectivity index (χ2n) is 7.48.